The summed E-state index contributed by atoms with van der Waals surface area (Å²) in [6, 6.07) is 3.44. The molecule has 0 amide bonds. The van der Waals surface area contributed by atoms with Crippen LogP contribution in [0.25, 0.3) is 0 Å². The number of hydrogen-bond acceptors (Lipinski definition) is 5. The number of benzene rings is 1. The molecule has 0 aliphatic rings. The predicted molar refractivity (Wildman–Crippen MR) is 66.3 cm³/mol. The number of halogens is 2. The van der Waals surface area contributed by atoms with Gasteiger partial charge in [-0.25, -0.2) is 9.59 Å². The summed E-state index contributed by atoms with van der Waals surface area (Å²) in [4.78, 5) is 22.8. The molecule has 0 saturated heterocycles. The second-order valence-electron chi connectivity index (χ2n) is 3.90. The zero-order chi connectivity index (χ0) is 15.3. The summed E-state index contributed by atoms with van der Waals surface area (Å²) in [5, 5.41) is 0. The van der Waals surface area contributed by atoms with Crippen molar-refractivity contribution >= 4 is 11.9 Å². The third kappa shape index (κ3) is 3.11. The average molecular weight is 287 g/mol. The molecule has 1 aromatic carbocycles. The van der Waals surface area contributed by atoms with Crippen molar-refractivity contribution in [3.05, 3.63) is 35.4 Å². The Balaban J connectivity index is 3.17. The first-order chi connectivity index (χ1) is 9.36. The number of ether oxygens (including phenoxy) is 2. The molecule has 110 valence electrons. The molecule has 0 aromatic heterocycles. The molecule has 0 spiro atoms. The second kappa shape index (κ2) is 6.42. The number of rotatable bonds is 5. The Morgan fingerprint density at radius 2 is 1.95 bits per heavy atom. The van der Waals surface area contributed by atoms with Gasteiger partial charge in [0.1, 0.15) is 6.04 Å². The van der Waals surface area contributed by atoms with E-state index >= 15 is 0 Å². The molecule has 0 unspecified atom stereocenters. The van der Waals surface area contributed by atoms with Gasteiger partial charge in [-0.3, -0.25) is 0 Å². The molecule has 0 saturated carbocycles. The van der Waals surface area contributed by atoms with E-state index in [4.69, 9.17) is 5.73 Å². The Morgan fingerprint density at radius 3 is 2.50 bits per heavy atom. The highest BCUT2D eigenvalue weighted by molar-refractivity contribution is 5.91. The highest BCUT2D eigenvalue weighted by Crippen LogP contribution is 2.32. The van der Waals surface area contributed by atoms with E-state index in [9.17, 15) is 18.4 Å². The summed E-state index contributed by atoms with van der Waals surface area (Å²) in [7, 11) is 1.12. The summed E-state index contributed by atoms with van der Waals surface area (Å²) >= 11 is 0. The largest absolute Gasteiger partial charge is 0.465 e. The molecule has 0 aliphatic carbocycles. The fourth-order valence-corrected chi connectivity index (χ4v) is 1.61. The normalized spacial score (nSPS) is 12.7. The van der Waals surface area contributed by atoms with Crippen LogP contribution in [0.1, 0.15) is 28.9 Å². The van der Waals surface area contributed by atoms with Crippen molar-refractivity contribution in [2.24, 2.45) is 5.73 Å². The van der Waals surface area contributed by atoms with Crippen molar-refractivity contribution in [2.75, 3.05) is 13.7 Å². The van der Waals surface area contributed by atoms with E-state index in [1.54, 1.807) is 0 Å². The molecule has 1 rings (SSSR count). The monoisotopic (exact) mass is 287 g/mol. The van der Waals surface area contributed by atoms with Crippen LogP contribution in [0.2, 0.25) is 0 Å². The van der Waals surface area contributed by atoms with E-state index in [1.807, 2.05) is 0 Å². The number of methoxy groups -OCH3 is 1. The molecular formula is C13H15F2NO4. The van der Waals surface area contributed by atoms with E-state index < -0.39 is 23.9 Å². The summed E-state index contributed by atoms with van der Waals surface area (Å²) < 4.78 is 36.5. The van der Waals surface area contributed by atoms with E-state index in [2.05, 4.69) is 9.47 Å². The summed E-state index contributed by atoms with van der Waals surface area (Å²) in [5.41, 5.74) is 5.14. The minimum atomic E-state index is -3.94. The first-order valence-corrected chi connectivity index (χ1v) is 5.84. The van der Waals surface area contributed by atoms with Crippen LogP contribution in [0, 0.1) is 0 Å². The van der Waals surface area contributed by atoms with Crippen LogP contribution in [-0.4, -0.2) is 31.6 Å². The maximum absolute atomic E-state index is 13.9. The highest BCUT2D eigenvalue weighted by atomic mass is 19.3. The van der Waals surface area contributed by atoms with Crippen molar-refractivity contribution in [3.63, 3.8) is 0 Å². The molecule has 20 heavy (non-hydrogen) atoms. The van der Waals surface area contributed by atoms with Gasteiger partial charge in [-0.1, -0.05) is 18.2 Å². The fraction of sp³-hybridized carbons (Fsp3) is 0.385. The van der Waals surface area contributed by atoms with E-state index in [0.29, 0.717) is 0 Å². The smallest absolute Gasteiger partial charge is 0.379 e. The van der Waals surface area contributed by atoms with E-state index in [1.165, 1.54) is 31.2 Å². The molecule has 0 radical (unpaired) electrons. The minimum absolute atomic E-state index is 0.119. The van der Waals surface area contributed by atoms with Gasteiger partial charge in [0, 0.05) is 0 Å². The Morgan fingerprint density at radius 1 is 1.35 bits per heavy atom. The van der Waals surface area contributed by atoms with Crippen molar-refractivity contribution in [1.29, 1.82) is 0 Å². The minimum Gasteiger partial charge on any atom is -0.465 e. The number of carbonyl (C=O) groups is 2. The van der Waals surface area contributed by atoms with Crippen LogP contribution in [-0.2, 0) is 14.3 Å². The fourth-order valence-electron chi connectivity index (χ4n) is 1.61. The average Bonchev–Trinajstić information content (AvgIpc) is 2.45. The Kier molecular flexibility index (Phi) is 5.15. The number of hydrogen-bond donors (Lipinski definition) is 1. The number of alkyl halides is 2. The van der Waals surface area contributed by atoms with Crippen molar-refractivity contribution in [3.8, 4) is 0 Å². The van der Waals surface area contributed by atoms with E-state index in [-0.39, 0.29) is 17.7 Å². The van der Waals surface area contributed by atoms with Crippen LogP contribution in [0.5, 0.6) is 0 Å². The molecule has 0 aliphatic heterocycles. The zero-order valence-corrected chi connectivity index (χ0v) is 11.1. The number of carbonyl (C=O) groups excluding carboxylic acids is 2. The first-order valence-electron chi connectivity index (χ1n) is 5.84. The van der Waals surface area contributed by atoms with Crippen LogP contribution in [0.3, 0.4) is 0 Å². The zero-order valence-electron chi connectivity index (χ0n) is 11.1. The Labute approximate surface area is 114 Å². The summed E-state index contributed by atoms with van der Waals surface area (Å²) in [6.07, 6.45) is 0. The van der Waals surface area contributed by atoms with Crippen LogP contribution in [0.4, 0.5) is 8.78 Å². The molecule has 0 fully saturated rings. The first kappa shape index (κ1) is 16.0. The third-order valence-electron chi connectivity index (χ3n) is 2.64. The van der Waals surface area contributed by atoms with Crippen LogP contribution < -0.4 is 5.73 Å². The quantitative estimate of drug-likeness (QED) is 0.833. The van der Waals surface area contributed by atoms with Gasteiger partial charge in [-0.2, -0.15) is 8.78 Å². The van der Waals surface area contributed by atoms with Crippen molar-refractivity contribution in [2.45, 2.75) is 18.9 Å². The van der Waals surface area contributed by atoms with Crippen molar-refractivity contribution in [1.82, 2.24) is 0 Å². The van der Waals surface area contributed by atoms with E-state index in [0.717, 1.165) is 7.11 Å². The molecular weight excluding hydrogens is 272 g/mol. The van der Waals surface area contributed by atoms with Gasteiger partial charge >= 0.3 is 17.9 Å². The molecule has 0 heterocycles. The Bertz CT molecular complexity index is 505. The molecule has 2 N–H and O–H groups in total. The Hall–Kier alpha value is -2.02. The molecule has 1 aromatic rings. The van der Waals surface area contributed by atoms with Gasteiger partial charge in [0.15, 0.2) is 0 Å². The SMILES string of the molecule is CCOC(=O)C(F)(F)[C@@H](N)c1ccccc1C(=O)OC. The second-order valence-corrected chi connectivity index (χ2v) is 3.90. The lowest BCUT2D eigenvalue weighted by Crippen LogP contribution is -2.42. The summed E-state index contributed by atoms with van der Waals surface area (Å²) in [6.45, 7) is 1.21. The molecule has 7 heteroatoms. The van der Waals surface area contributed by atoms with Crippen LogP contribution in [0.15, 0.2) is 24.3 Å². The van der Waals surface area contributed by atoms with Gasteiger partial charge < -0.3 is 15.2 Å². The lowest BCUT2D eigenvalue weighted by atomic mass is 9.96. The maximum atomic E-state index is 13.9. The predicted octanol–water partition coefficient (Wildman–Crippen LogP) is 1.67. The standard InChI is InChI=1S/C13H15F2NO4/c1-3-20-12(18)13(14,15)10(16)8-6-4-5-7-9(8)11(17)19-2/h4-7,10H,3,16H2,1-2H3/t10-/m0/s1. The number of esters is 2. The summed E-state index contributed by atoms with van der Waals surface area (Å²) in [5.74, 6) is -6.48. The maximum Gasteiger partial charge on any atom is 0.379 e. The molecule has 0 bridgehead atoms. The lowest BCUT2D eigenvalue weighted by Gasteiger charge is -2.23. The lowest BCUT2D eigenvalue weighted by molar-refractivity contribution is -0.174. The van der Waals surface area contributed by atoms with Gasteiger partial charge in [0.25, 0.3) is 0 Å². The van der Waals surface area contributed by atoms with Crippen LogP contribution >= 0.6 is 0 Å². The van der Waals surface area contributed by atoms with Gasteiger partial charge in [-0.05, 0) is 18.6 Å². The number of nitrogens with two attached hydrogens (primary N) is 1. The third-order valence-corrected chi connectivity index (χ3v) is 2.64. The van der Waals surface area contributed by atoms with Gasteiger partial charge in [0.05, 0.1) is 19.3 Å². The van der Waals surface area contributed by atoms with Crippen molar-refractivity contribution < 1.29 is 27.8 Å². The van der Waals surface area contributed by atoms with Gasteiger partial charge in [-0.15, -0.1) is 0 Å². The molecule has 5 nitrogen and oxygen atoms in total. The molecule has 1 atom stereocenters. The topological polar surface area (TPSA) is 78.6 Å². The highest BCUT2D eigenvalue weighted by Gasteiger charge is 2.48. The van der Waals surface area contributed by atoms with Gasteiger partial charge in [0.2, 0.25) is 0 Å².